The summed E-state index contributed by atoms with van der Waals surface area (Å²) in [5.41, 5.74) is 6.54. The van der Waals surface area contributed by atoms with Gasteiger partial charge in [0.05, 0.1) is 16.9 Å². The number of nitrogens with zero attached hydrogens (tertiary/aromatic N) is 2. The van der Waals surface area contributed by atoms with Crippen LogP contribution in [0.4, 0.5) is 4.79 Å². The van der Waals surface area contributed by atoms with E-state index in [1.165, 1.54) is 5.56 Å². The Hall–Kier alpha value is -3.60. The quantitative estimate of drug-likeness (QED) is 0.366. The van der Waals surface area contributed by atoms with Crippen LogP contribution in [0.2, 0.25) is 0 Å². The van der Waals surface area contributed by atoms with Crippen molar-refractivity contribution in [1.29, 1.82) is 0 Å². The van der Waals surface area contributed by atoms with Crippen molar-refractivity contribution in [3.8, 4) is 22.5 Å². The first-order chi connectivity index (χ1) is 16.2. The number of ether oxygens (including phenoxy) is 1. The number of pyridine rings is 1. The van der Waals surface area contributed by atoms with E-state index in [1.807, 2.05) is 26.8 Å². The molecule has 0 saturated heterocycles. The summed E-state index contributed by atoms with van der Waals surface area (Å²) in [6.07, 6.45) is 4.63. The predicted octanol–water partition coefficient (Wildman–Crippen LogP) is 6.88. The maximum Gasteiger partial charge on any atom is 0.408 e. The number of benzene rings is 2. The van der Waals surface area contributed by atoms with Crippen molar-refractivity contribution in [2.24, 2.45) is 0 Å². The lowest BCUT2D eigenvalue weighted by Crippen LogP contribution is -2.52. The number of aromatic nitrogens is 2. The van der Waals surface area contributed by atoms with Crippen molar-refractivity contribution in [2.45, 2.75) is 58.1 Å². The molecule has 0 unspecified atom stereocenters. The van der Waals surface area contributed by atoms with Crippen LogP contribution in [0.15, 0.2) is 72.9 Å². The second kappa shape index (κ2) is 8.32. The van der Waals surface area contributed by atoms with Crippen LogP contribution in [-0.4, -0.2) is 21.1 Å². The third kappa shape index (κ3) is 4.18. The van der Waals surface area contributed by atoms with Gasteiger partial charge in [-0.1, -0.05) is 54.6 Å². The van der Waals surface area contributed by atoms with Crippen LogP contribution < -0.4 is 5.32 Å². The Labute approximate surface area is 200 Å². The van der Waals surface area contributed by atoms with Gasteiger partial charge in [-0.25, -0.2) is 9.78 Å². The zero-order chi connectivity index (χ0) is 23.9. The van der Waals surface area contributed by atoms with E-state index >= 15 is 0 Å². The summed E-state index contributed by atoms with van der Waals surface area (Å²) >= 11 is 0. The molecular formula is C29H31N3O2. The van der Waals surface area contributed by atoms with Gasteiger partial charge in [0.1, 0.15) is 11.2 Å². The fraction of sp³-hybridized carbons (Fsp3) is 0.310. The Bertz CT molecular complexity index is 1330. The molecule has 1 N–H and O–H groups in total. The number of carbonyl (C=O) groups excluding carboxylic acids is 1. The Kier molecular flexibility index (Phi) is 5.43. The van der Waals surface area contributed by atoms with E-state index in [4.69, 9.17) is 9.72 Å². The van der Waals surface area contributed by atoms with Crippen molar-refractivity contribution < 1.29 is 9.53 Å². The van der Waals surface area contributed by atoms with Crippen LogP contribution >= 0.6 is 0 Å². The van der Waals surface area contributed by atoms with E-state index in [2.05, 4.69) is 83.5 Å². The second-order valence-electron chi connectivity index (χ2n) is 10.2. The number of rotatable bonds is 4. The summed E-state index contributed by atoms with van der Waals surface area (Å²) in [6.45, 7) is 7.74. The van der Waals surface area contributed by atoms with Gasteiger partial charge in [-0.15, -0.1) is 0 Å². The van der Waals surface area contributed by atoms with Crippen LogP contribution in [0.25, 0.3) is 28.2 Å². The van der Waals surface area contributed by atoms with Gasteiger partial charge >= 0.3 is 6.09 Å². The maximum absolute atomic E-state index is 12.5. The Morgan fingerprint density at radius 2 is 1.71 bits per heavy atom. The molecule has 0 bridgehead atoms. The van der Waals surface area contributed by atoms with Crippen LogP contribution in [-0.2, 0) is 10.3 Å². The number of hydrogen-bond acceptors (Lipinski definition) is 3. The second-order valence-corrected chi connectivity index (χ2v) is 10.2. The molecule has 2 heterocycles. The van der Waals surface area contributed by atoms with Gasteiger partial charge in [0.15, 0.2) is 0 Å². The highest BCUT2D eigenvalue weighted by molar-refractivity contribution is 5.82. The number of nitrogens with one attached hydrogen (secondary N) is 1. The fourth-order valence-electron chi connectivity index (χ4n) is 4.68. The van der Waals surface area contributed by atoms with E-state index < -0.39 is 5.60 Å². The molecule has 2 aromatic carbocycles. The molecule has 0 spiro atoms. The lowest BCUT2D eigenvalue weighted by Gasteiger charge is -2.43. The van der Waals surface area contributed by atoms with Gasteiger partial charge in [-0.3, -0.25) is 4.40 Å². The highest BCUT2D eigenvalue weighted by Gasteiger charge is 2.41. The molecule has 5 nitrogen and oxygen atoms in total. The van der Waals surface area contributed by atoms with Crippen molar-refractivity contribution in [3.05, 3.63) is 84.1 Å². The maximum atomic E-state index is 12.5. The molecular weight excluding hydrogens is 422 g/mol. The van der Waals surface area contributed by atoms with Gasteiger partial charge in [-0.2, -0.15) is 0 Å². The molecule has 1 aliphatic carbocycles. The van der Waals surface area contributed by atoms with Gasteiger partial charge in [0.25, 0.3) is 0 Å². The minimum Gasteiger partial charge on any atom is -0.444 e. The SMILES string of the molecule is Cc1ccn2c(-c3ccccc3)c(-c3ccc(C4(NC(=O)OC(C)(C)C)CCC4)cc3)nc2c1. The lowest BCUT2D eigenvalue weighted by atomic mass is 9.71. The number of carbonyl (C=O) groups is 1. The Morgan fingerprint density at radius 3 is 2.32 bits per heavy atom. The average Bonchev–Trinajstić information content (AvgIpc) is 3.14. The molecule has 5 rings (SSSR count). The molecule has 2 aromatic heterocycles. The molecule has 1 amide bonds. The average molecular weight is 454 g/mol. The van der Waals surface area contributed by atoms with Gasteiger partial charge in [-0.05, 0) is 70.2 Å². The number of alkyl carbamates (subject to hydrolysis) is 1. The van der Waals surface area contributed by atoms with Crippen molar-refractivity contribution in [3.63, 3.8) is 0 Å². The highest BCUT2D eigenvalue weighted by Crippen LogP contribution is 2.42. The first kappa shape index (κ1) is 22.2. The van der Waals surface area contributed by atoms with Gasteiger partial charge in [0, 0.05) is 17.3 Å². The molecule has 0 atom stereocenters. The Balaban J connectivity index is 1.52. The normalized spacial score (nSPS) is 15.1. The standard InChI is InChI=1S/C29H31N3O2/c1-20-15-18-32-24(19-20)30-25(26(32)22-9-6-5-7-10-22)21-11-13-23(14-12-21)29(16-8-17-29)31-27(33)34-28(2,3)4/h5-7,9-15,18-19H,8,16-17H2,1-4H3,(H,31,33). The van der Waals surface area contributed by atoms with Crippen LogP contribution in [0.1, 0.15) is 51.2 Å². The number of amides is 1. The number of hydrogen-bond donors (Lipinski definition) is 1. The first-order valence-electron chi connectivity index (χ1n) is 11.9. The van der Waals surface area contributed by atoms with Crippen LogP contribution in [0.5, 0.6) is 0 Å². The zero-order valence-corrected chi connectivity index (χ0v) is 20.3. The monoisotopic (exact) mass is 453 g/mol. The summed E-state index contributed by atoms with van der Waals surface area (Å²) in [5, 5.41) is 3.15. The van der Waals surface area contributed by atoms with Crippen molar-refractivity contribution >= 4 is 11.7 Å². The lowest BCUT2D eigenvalue weighted by molar-refractivity contribution is 0.0377. The predicted molar refractivity (Wildman–Crippen MR) is 136 cm³/mol. The molecule has 34 heavy (non-hydrogen) atoms. The first-order valence-corrected chi connectivity index (χ1v) is 11.9. The van der Waals surface area contributed by atoms with Crippen molar-refractivity contribution in [1.82, 2.24) is 14.7 Å². The van der Waals surface area contributed by atoms with Crippen LogP contribution in [0.3, 0.4) is 0 Å². The largest absolute Gasteiger partial charge is 0.444 e. The summed E-state index contributed by atoms with van der Waals surface area (Å²) in [4.78, 5) is 17.5. The van der Waals surface area contributed by atoms with E-state index in [0.29, 0.717) is 0 Å². The minimum atomic E-state index is -0.520. The zero-order valence-electron chi connectivity index (χ0n) is 20.3. The molecule has 1 saturated carbocycles. The molecule has 5 heteroatoms. The van der Waals surface area contributed by atoms with E-state index in [-0.39, 0.29) is 11.6 Å². The molecule has 174 valence electrons. The topological polar surface area (TPSA) is 55.6 Å². The summed E-state index contributed by atoms with van der Waals surface area (Å²) in [5.74, 6) is 0. The molecule has 1 aliphatic rings. The fourth-order valence-corrected chi connectivity index (χ4v) is 4.68. The number of aryl methyl sites for hydroxylation is 1. The van der Waals surface area contributed by atoms with Crippen LogP contribution in [0, 0.1) is 6.92 Å². The number of imidazole rings is 1. The minimum absolute atomic E-state index is 0.362. The Morgan fingerprint density at radius 1 is 1.00 bits per heavy atom. The molecule has 4 aromatic rings. The number of fused-ring (bicyclic) bond motifs is 1. The molecule has 1 fully saturated rings. The van der Waals surface area contributed by atoms with E-state index in [0.717, 1.165) is 53.0 Å². The summed E-state index contributed by atoms with van der Waals surface area (Å²) < 4.78 is 7.68. The van der Waals surface area contributed by atoms with Crippen molar-refractivity contribution in [2.75, 3.05) is 0 Å². The van der Waals surface area contributed by atoms with E-state index in [9.17, 15) is 4.79 Å². The third-order valence-corrected chi connectivity index (χ3v) is 6.49. The smallest absolute Gasteiger partial charge is 0.408 e. The summed E-state index contributed by atoms with van der Waals surface area (Å²) in [6, 6.07) is 23.1. The summed E-state index contributed by atoms with van der Waals surface area (Å²) in [7, 11) is 0. The highest BCUT2D eigenvalue weighted by atomic mass is 16.6. The van der Waals surface area contributed by atoms with E-state index in [1.54, 1.807) is 0 Å². The van der Waals surface area contributed by atoms with Gasteiger partial charge in [0.2, 0.25) is 0 Å². The third-order valence-electron chi connectivity index (χ3n) is 6.49. The molecule has 0 radical (unpaired) electrons. The molecule has 0 aliphatic heterocycles. The van der Waals surface area contributed by atoms with Gasteiger partial charge < -0.3 is 10.1 Å².